The summed E-state index contributed by atoms with van der Waals surface area (Å²) in [6.45, 7) is 10.3. The van der Waals surface area contributed by atoms with Crippen LogP contribution in [0.1, 0.15) is 84.0 Å². The molecule has 2 fully saturated rings. The zero-order valence-corrected chi connectivity index (χ0v) is 33.1. The standard InChI is InChI=1S/C42H48N10O5/c1-21(2)33(45-23(5)53)40(54)51-15-7-9-31(51)37-46-29-14-12-24-17-25(11-13-27(24)35(29)47-37)30-18-26-19-44-39-36(28(26)20-43-30)48-38(50-39)32-10-8-16-52(32)41(55)34(22(3)4)49-42(56)57-6/h11-14,17-22,31-34H,7-10,15-16H2,1-6H3,(H,45,53)(H,46,47)(H,49,56)(H,44,48,50)/t31-,32-,33-,34-/m0/s1. The number of hydrogen-bond donors (Lipinski definition) is 4. The Labute approximate surface area is 329 Å². The normalized spacial score (nSPS) is 18.3. The van der Waals surface area contributed by atoms with Crippen molar-refractivity contribution in [1.82, 2.24) is 50.3 Å². The number of pyridine rings is 2. The van der Waals surface area contributed by atoms with Crippen molar-refractivity contribution in [3.05, 3.63) is 60.4 Å². The predicted octanol–water partition coefficient (Wildman–Crippen LogP) is 6.07. The molecule has 2 aliphatic rings. The number of imidazole rings is 2. The summed E-state index contributed by atoms with van der Waals surface area (Å²) < 4.78 is 4.78. The number of ether oxygens (including phenoxy) is 1. The lowest BCUT2D eigenvalue weighted by molar-refractivity contribution is -0.138. The topological polar surface area (TPSA) is 191 Å². The average molecular weight is 773 g/mol. The number of nitrogens with one attached hydrogen (secondary N) is 4. The van der Waals surface area contributed by atoms with Crippen molar-refractivity contribution < 1.29 is 23.9 Å². The summed E-state index contributed by atoms with van der Waals surface area (Å²) in [5, 5.41) is 9.34. The molecule has 6 heterocycles. The maximum atomic E-state index is 13.7. The molecule has 0 radical (unpaired) electrons. The van der Waals surface area contributed by atoms with E-state index in [4.69, 9.17) is 19.7 Å². The molecule has 2 saturated heterocycles. The van der Waals surface area contributed by atoms with Crippen molar-refractivity contribution >= 4 is 67.6 Å². The maximum absolute atomic E-state index is 13.7. The molecule has 57 heavy (non-hydrogen) atoms. The summed E-state index contributed by atoms with van der Waals surface area (Å²) >= 11 is 0. The zero-order valence-electron chi connectivity index (χ0n) is 33.1. The molecule has 0 bridgehead atoms. The molecule has 0 spiro atoms. The van der Waals surface area contributed by atoms with Crippen LogP contribution >= 0.6 is 0 Å². The predicted molar refractivity (Wildman–Crippen MR) is 216 cm³/mol. The Morgan fingerprint density at radius 3 is 2.05 bits per heavy atom. The number of aromatic nitrogens is 6. The Morgan fingerprint density at radius 2 is 1.40 bits per heavy atom. The number of rotatable bonds is 9. The van der Waals surface area contributed by atoms with Gasteiger partial charge in [-0.05, 0) is 61.1 Å². The van der Waals surface area contributed by atoms with Crippen LogP contribution in [0.25, 0.3) is 55.0 Å². The first-order chi connectivity index (χ1) is 27.4. The number of H-pyrrole nitrogens is 2. The van der Waals surface area contributed by atoms with Crippen LogP contribution in [-0.2, 0) is 19.1 Å². The molecule has 8 rings (SSSR count). The Kier molecular flexibility index (Phi) is 10.0. The molecule has 15 heteroatoms. The fourth-order valence-electron chi connectivity index (χ4n) is 8.46. The Hall–Kier alpha value is -6.12. The molecule has 2 aliphatic heterocycles. The van der Waals surface area contributed by atoms with Crippen molar-refractivity contribution in [2.75, 3.05) is 20.2 Å². The van der Waals surface area contributed by atoms with Crippen LogP contribution in [-0.4, -0.2) is 95.8 Å². The number of likely N-dealkylation sites (tertiary alicyclic amines) is 2. The number of nitrogens with zero attached hydrogens (tertiary/aromatic N) is 6. The lowest BCUT2D eigenvalue weighted by atomic mass is 10.0. The molecule has 0 saturated carbocycles. The number of benzene rings is 2. The van der Waals surface area contributed by atoms with E-state index in [-0.39, 0.29) is 41.6 Å². The van der Waals surface area contributed by atoms with E-state index < -0.39 is 18.2 Å². The summed E-state index contributed by atoms with van der Waals surface area (Å²) in [5.41, 5.74) is 4.77. The molecule has 15 nitrogen and oxygen atoms in total. The van der Waals surface area contributed by atoms with Crippen LogP contribution in [0.3, 0.4) is 0 Å². The molecule has 4 N–H and O–H groups in total. The van der Waals surface area contributed by atoms with Gasteiger partial charge in [0.25, 0.3) is 0 Å². The van der Waals surface area contributed by atoms with Gasteiger partial charge in [0.15, 0.2) is 5.65 Å². The van der Waals surface area contributed by atoms with E-state index in [0.717, 1.165) is 80.9 Å². The van der Waals surface area contributed by atoms with Crippen LogP contribution in [0, 0.1) is 11.8 Å². The van der Waals surface area contributed by atoms with Gasteiger partial charge in [-0.1, -0.05) is 45.9 Å². The lowest BCUT2D eigenvalue weighted by Gasteiger charge is -2.30. The molecule has 4 aromatic heterocycles. The first kappa shape index (κ1) is 37.8. The van der Waals surface area contributed by atoms with Crippen molar-refractivity contribution in [2.24, 2.45) is 11.8 Å². The van der Waals surface area contributed by atoms with Crippen LogP contribution in [0.15, 0.2) is 48.8 Å². The van der Waals surface area contributed by atoms with E-state index in [1.54, 1.807) is 11.1 Å². The van der Waals surface area contributed by atoms with E-state index >= 15 is 0 Å². The first-order valence-corrected chi connectivity index (χ1v) is 19.7. The van der Waals surface area contributed by atoms with Crippen molar-refractivity contribution in [2.45, 2.75) is 84.5 Å². The smallest absolute Gasteiger partial charge is 0.407 e. The number of aromatic amines is 2. The molecule has 0 aliphatic carbocycles. The minimum Gasteiger partial charge on any atom is -0.453 e. The molecule has 0 unspecified atom stereocenters. The number of hydrogen-bond acceptors (Lipinski definition) is 9. The summed E-state index contributed by atoms with van der Waals surface area (Å²) in [5.74, 6) is 0.759. The van der Waals surface area contributed by atoms with Crippen LogP contribution < -0.4 is 10.6 Å². The largest absolute Gasteiger partial charge is 0.453 e. The number of methoxy groups -OCH3 is 1. The van der Waals surface area contributed by atoms with Gasteiger partial charge >= 0.3 is 6.09 Å². The summed E-state index contributed by atoms with van der Waals surface area (Å²) in [4.78, 5) is 81.2. The highest BCUT2D eigenvalue weighted by Crippen LogP contribution is 2.37. The highest BCUT2D eigenvalue weighted by atomic mass is 16.5. The highest BCUT2D eigenvalue weighted by Gasteiger charge is 2.39. The highest BCUT2D eigenvalue weighted by molar-refractivity contribution is 6.06. The van der Waals surface area contributed by atoms with Crippen LogP contribution in [0.4, 0.5) is 4.79 Å². The van der Waals surface area contributed by atoms with Gasteiger partial charge in [-0.15, -0.1) is 0 Å². The van der Waals surface area contributed by atoms with Crippen LogP contribution in [0.2, 0.25) is 0 Å². The van der Waals surface area contributed by atoms with Gasteiger partial charge in [-0.2, -0.15) is 0 Å². The van der Waals surface area contributed by atoms with Crippen LogP contribution in [0.5, 0.6) is 0 Å². The molecule has 4 atom stereocenters. The molecule has 2 aromatic carbocycles. The van der Waals surface area contributed by atoms with Gasteiger partial charge in [0.2, 0.25) is 17.7 Å². The maximum Gasteiger partial charge on any atom is 0.407 e. The van der Waals surface area contributed by atoms with E-state index in [2.05, 4.69) is 43.8 Å². The minimum atomic E-state index is -0.720. The number of carbonyl (C=O) groups excluding carboxylic acids is 4. The fourth-order valence-corrected chi connectivity index (χ4v) is 8.46. The lowest BCUT2D eigenvalue weighted by Crippen LogP contribution is -2.51. The summed E-state index contributed by atoms with van der Waals surface area (Å²) in [6.07, 6.45) is 6.20. The molecular weight excluding hydrogens is 725 g/mol. The molecule has 4 amide bonds. The van der Waals surface area contributed by atoms with Gasteiger partial charge in [-0.3, -0.25) is 19.4 Å². The fraction of sp³-hybridized carbons (Fsp3) is 0.429. The molecule has 6 aromatic rings. The number of alkyl carbamates (subject to hydrolysis) is 1. The van der Waals surface area contributed by atoms with Gasteiger partial charge in [0.05, 0.1) is 41.4 Å². The quantitative estimate of drug-likeness (QED) is 0.135. The molecule has 296 valence electrons. The van der Waals surface area contributed by atoms with Gasteiger partial charge < -0.3 is 35.1 Å². The Bertz CT molecular complexity index is 2540. The van der Waals surface area contributed by atoms with Gasteiger partial charge in [0.1, 0.15) is 23.7 Å². The SMILES string of the molecule is COC(=O)N[C@H](C(=O)N1CCC[C@H]1c1nc2ncc3cc(-c4ccc5c(ccc6nc([C@@H]7CCCN7C(=O)[C@@H](NC(C)=O)C(C)C)[nH]c65)c4)ncc3c2[nH]1)C(C)C. The molecular formula is C42H48N10O5. The Morgan fingerprint density at radius 1 is 0.754 bits per heavy atom. The summed E-state index contributed by atoms with van der Waals surface area (Å²) in [6, 6.07) is 10.5. The number of fused-ring (bicyclic) bond motifs is 6. The van der Waals surface area contributed by atoms with E-state index in [9.17, 15) is 19.2 Å². The monoisotopic (exact) mass is 772 g/mol. The minimum absolute atomic E-state index is 0.0429. The first-order valence-electron chi connectivity index (χ1n) is 19.7. The van der Waals surface area contributed by atoms with E-state index in [1.165, 1.54) is 14.0 Å². The third-order valence-electron chi connectivity index (χ3n) is 11.4. The second-order valence-electron chi connectivity index (χ2n) is 15.9. The summed E-state index contributed by atoms with van der Waals surface area (Å²) in [7, 11) is 1.28. The number of carbonyl (C=O) groups is 4. The van der Waals surface area contributed by atoms with E-state index in [0.29, 0.717) is 24.6 Å². The Balaban J connectivity index is 1.05. The second-order valence-corrected chi connectivity index (χ2v) is 15.9. The second kappa shape index (κ2) is 15.1. The average Bonchev–Trinajstić information content (AvgIpc) is 4.03. The van der Waals surface area contributed by atoms with Crippen molar-refractivity contribution in [1.29, 1.82) is 0 Å². The van der Waals surface area contributed by atoms with Crippen molar-refractivity contribution in [3.63, 3.8) is 0 Å². The third-order valence-corrected chi connectivity index (χ3v) is 11.4. The zero-order chi connectivity index (χ0) is 40.1. The third kappa shape index (κ3) is 6.99. The number of amides is 4. The van der Waals surface area contributed by atoms with Gasteiger partial charge in [-0.25, -0.2) is 19.7 Å². The van der Waals surface area contributed by atoms with Gasteiger partial charge in [0, 0.05) is 54.1 Å². The van der Waals surface area contributed by atoms with E-state index in [1.807, 2.05) is 57.0 Å². The van der Waals surface area contributed by atoms with Crippen molar-refractivity contribution in [3.8, 4) is 11.3 Å².